The molecule has 0 unspecified atom stereocenters. The highest BCUT2D eigenvalue weighted by molar-refractivity contribution is 6.24. The smallest absolute Gasteiger partial charge is 0.0979 e. The summed E-state index contributed by atoms with van der Waals surface area (Å²) in [7, 11) is 0. The lowest BCUT2D eigenvalue weighted by atomic mass is 9.98. The molecule has 3 nitrogen and oxygen atoms in total. The highest BCUT2D eigenvalue weighted by Gasteiger charge is 2.18. The van der Waals surface area contributed by atoms with Crippen molar-refractivity contribution < 1.29 is 0 Å². The van der Waals surface area contributed by atoms with Crippen LogP contribution in [0, 0.1) is 6.92 Å². The fraction of sp³-hybridized carbons (Fsp3) is 0.0244. The summed E-state index contributed by atoms with van der Waals surface area (Å²) in [5, 5.41) is 9.91. The Hall–Kier alpha value is -5.80. The summed E-state index contributed by atoms with van der Waals surface area (Å²) in [5.74, 6) is 0. The first kappa shape index (κ1) is 23.7. The fourth-order valence-electron chi connectivity index (χ4n) is 7.44. The van der Waals surface area contributed by atoms with E-state index in [0.29, 0.717) is 0 Å². The fourth-order valence-corrected chi connectivity index (χ4v) is 7.44. The quantitative estimate of drug-likeness (QED) is 0.197. The molecule has 0 aliphatic rings. The third kappa shape index (κ3) is 3.16. The van der Waals surface area contributed by atoms with Crippen molar-refractivity contribution in [3.05, 3.63) is 139 Å². The number of hydrogen-bond acceptors (Lipinski definition) is 2. The minimum absolute atomic E-state index is 0.878. The van der Waals surface area contributed by atoms with Gasteiger partial charge in [0.05, 0.1) is 39.5 Å². The molecule has 0 aliphatic heterocycles. The Labute approximate surface area is 253 Å². The normalized spacial score (nSPS) is 12.2. The second-order valence-electron chi connectivity index (χ2n) is 11.9. The van der Waals surface area contributed by atoms with Gasteiger partial charge in [-0.05, 0) is 70.8 Å². The molecule has 3 aromatic heterocycles. The molecule has 204 valence electrons. The van der Waals surface area contributed by atoms with Crippen LogP contribution in [-0.4, -0.2) is 14.4 Å². The van der Waals surface area contributed by atoms with Crippen LogP contribution in [0.2, 0.25) is 0 Å². The Balaban J connectivity index is 1.16. The van der Waals surface area contributed by atoms with E-state index in [1.165, 1.54) is 65.6 Å². The number of aryl methyl sites for hydroxylation is 1. The van der Waals surface area contributed by atoms with Crippen molar-refractivity contribution in [3.8, 4) is 22.4 Å². The lowest BCUT2D eigenvalue weighted by Gasteiger charge is -2.11. The highest BCUT2D eigenvalue weighted by atomic mass is 14.9. The average Bonchev–Trinajstić information content (AvgIpc) is 3.59. The SMILES string of the molecule is Cc1cc2c3ccccc3n3c4ccc(-c5cccc(-c6cnc7c8ccccc8c8ccccc8c7n6)c5)cc4c(c1)c23. The van der Waals surface area contributed by atoms with Crippen LogP contribution in [0.4, 0.5) is 0 Å². The van der Waals surface area contributed by atoms with Crippen LogP contribution >= 0.6 is 0 Å². The molecule has 0 aliphatic carbocycles. The summed E-state index contributed by atoms with van der Waals surface area (Å²) in [6.45, 7) is 2.20. The average molecular weight is 560 g/mol. The predicted octanol–water partition coefficient (Wildman–Crippen LogP) is 10.7. The first-order chi connectivity index (χ1) is 21.7. The van der Waals surface area contributed by atoms with E-state index in [2.05, 4.69) is 139 Å². The van der Waals surface area contributed by atoms with Crippen molar-refractivity contribution >= 4 is 70.7 Å². The first-order valence-electron chi connectivity index (χ1n) is 15.1. The molecule has 0 radical (unpaired) electrons. The van der Waals surface area contributed by atoms with Gasteiger partial charge in [0.2, 0.25) is 0 Å². The molecule has 3 heterocycles. The topological polar surface area (TPSA) is 30.2 Å². The third-order valence-electron chi connectivity index (χ3n) is 9.36. The van der Waals surface area contributed by atoms with Gasteiger partial charge < -0.3 is 4.40 Å². The molecule has 0 saturated heterocycles. The molecular weight excluding hydrogens is 534 g/mol. The molecule has 44 heavy (non-hydrogen) atoms. The van der Waals surface area contributed by atoms with E-state index in [-0.39, 0.29) is 0 Å². The van der Waals surface area contributed by atoms with Crippen LogP contribution in [0.15, 0.2) is 134 Å². The maximum Gasteiger partial charge on any atom is 0.0979 e. The monoisotopic (exact) mass is 559 g/mol. The molecule has 0 bridgehead atoms. The minimum Gasteiger partial charge on any atom is -0.308 e. The van der Waals surface area contributed by atoms with Crippen molar-refractivity contribution in [2.24, 2.45) is 0 Å². The van der Waals surface area contributed by atoms with E-state index in [9.17, 15) is 0 Å². The minimum atomic E-state index is 0.878. The molecule has 0 amide bonds. The second-order valence-corrected chi connectivity index (χ2v) is 11.9. The summed E-state index contributed by atoms with van der Waals surface area (Å²) >= 11 is 0. The van der Waals surface area contributed by atoms with E-state index < -0.39 is 0 Å². The number of para-hydroxylation sites is 1. The number of aromatic nitrogens is 3. The van der Waals surface area contributed by atoms with E-state index in [1.54, 1.807) is 0 Å². The highest BCUT2D eigenvalue weighted by Crippen LogP contribution is 2.41. The van der Waals surface area contributed by atoms with Crippen LogP contribution in [0.5, 0.6) is 0 Å². The molecule has 0 saturated carbocycles. The summed E-state index contributed by atoms with van der Waals surface area (Å²) in [6, 6.07) is 46.0. The summed E-state index contributed by atoms with van der Waals surface area (Å²) in [6.07, 6.45) is 1.92. The van der Waals surface area contributed by atoms with Crippen LogP contribution in [-0.2, 0) is 0 Å². The Kier molecular flexibility index (Phi) is 4.65. The van der Waals surface area contributed by atoms with Gasteiger partial charge in [-0.3, -0.25) is 4.98 Å². The number of hydrogen-bond donors (Lipinski definition) is 0. The lowest BCUT2D eigenvalue weighted by molar-refractivity contribution is 1.31. The molecular formula is C41H25N3. The van der Waals surface area contributed by atoms with Gasteiger partial charge in [-0.15, -0.1) is 0 Å². The number of rotatable bonds is 2. The Morgan fingerprint density at radius 1 is 0.455 bits per heavy atom. The van der Waals surface area contributed by atoms with Gasteiger partial charge in [0.25, 0.3) is 0 Å². The molecule has 10 aromatic rings. The number of benzene rings is 7. The Morgan fingerprint density at radius 2 is 1.07 bits per heavy atom. The zero-order valence-corrected chi connectivity index (χ0v) is 24.0. The van der Waals surface area contributed by atoms with Gasteiger partial charge in [0.1, 0.15) is 0 Å². The van der Waals surface area contributed by atoms with Crippen molar-refractivity contribution in [2.75, 3.05) is 0 Å². The van der Waals surface area contributed by atoms with E-state index >= 15 is 0 Å². The maximum atomic E-state index is 5.24. The van der Waals surface area contributed by atoms with E-state index in [4.69, 9.17) is 9.97 Å². The summed E-state index contributed by atoms with van der Waals surface area (Å²) in [5.41, 5.74) is 11.3. The van der Waals surface area contributed by atoms with Gasteiger partial charge >= 0.3 is 0 Å². The van der Waals surface area contributed by atoms with E-state index in [1.807, 2.05) is 6.20 Å². The lowest BCUT2D eigenvalue weighted by Crippen LogP contribution is -1.92. The van der Waals surface area contributed by atoms with Gasteiger partial charge in [-0.2, -0.15) is 0 Å². The zero-order valence-electron chi connectivity index (χ0n) is 24.0. The second kappa shape index (κ2) is 8.62. The molecule has 0 spiro atoms. The van der Waals surface area contributed by atoms with Crippen molar-refractivity contribution in [2.45, 2.75) is 6.92 Å². The molecule has 10 rings (SSSR count). The third-order valence-corrected chi connectivity index (χ3v) is 9.36. The molecule has 3 heteroatoms. The maximum absolute atomic E-state index is 5.24. The standard InChI is InChI=1S/C41H25N3/c1-24-19-34-30-13-6-7-16-37(30)44-38-18-17-26(22-33(38)35(20-24)41(34)44)25-9-8-10-27(21-25)36-23-42-39-31-14-4-2-11-28(31)29-12-3-5-15-32(29)40(39)43-36/h2-23H,1H3. The predicted molar refractivity (Wildman–Crippen MR) is 185 cm³/mol. The van der Waals surface area contributed by atoms with Crippen LogP contribution in [0.3, 0.4) is 0 Å². The van der Waals surface area contributed by atoms with Crippen LogP contribution < -0.4 is 0 Å². The Morgan fingerprint density at radius 3 is 1.86 bits per heavy atom. The van der Waals surface area contributed by atoms with Crippen molar-refractivity contribution in [3.63, 3.8) is 0 Å². The molecule has 0 N–H and O–H groups in total. The van der Waals surface area contributed by atoms with Gasteiger partial charge in [-0.25, -0.2) is 4.98 Å². The zero-order chi connectivity index (χ0) is 28.9. The van der Waals surface area contributed by atoms with Gasteiger partial charge in [-0.1, -0.05) is 91.0 Å². The molecule has 0 atom stereocenters. The van der Waals surface area contributed by atoms with Crippen LogP contribution in [0.1, 0.15) is 5.56 Å². The first-order valence-corrected chi connectivity index (χ1v) is 15.1. The van der Waals surface area contributed by atoms with Crippen LogP contribution in [0.25, 0.3) is 93.1 Å². The van der Waals surface area contributed by atoms with Gasteiger partial charge in [0.15, 0.2) is 0 Å². The van der Waals surface area contributed by atoms with E-state index in [0.717, 1.165) is 33.1 Å². The molecule has 0 fully saturated rings. The number of fused-ring (bicyclic) bond motifs is 12. The van der Waals surface area contributed by atoms with Crippen molar-refractivity contribution in [1.29, 1.82) is 0 Å². The van der Waals surface area contributed by atoms with Crippen molar-refractivity contribution in [1.82, 2.24) is 14.4 Å². The largest absolute Gasteiger partial charge is 0.308 e. The Bertz CT molecular complexity index is 2750. The molecule has 7 aromatic carbocycles. The number of nitrogens with zero attached hydrogens (tertiary/aromatic N) is 3. The summed E-state index contributed by atoms with van der Waals surface area (Å²) in [4.78, 5) is 10.2. The summed E-state index contributed by atoms with van der Waals surface area (Å²) < 4.78 is 2.44. The van der Waals surface area contributed by atoms with Gasteiger partial charge in [0, 0.05) is 37.9 Å².